The summed E-state index contributed by atoms with van der Waals surface area (Å²) in [7, 11) is 1.92. The van der Waals surface area contributed by atoms with Crippen LogP contribution in [0.1, 0.15) is 75.6 Å². The molecule has 4 atom stereocenters. The molecule has 106 valence electrons. The van der Waals surface area contributed by atoms with Crippen LogP contribution in [0.3, 0.4) is 0 Å². The van der Waals surface area contributed by atoms with E-state index in [9.17, 15) is 0 Å². The van der Waals surface area contributed by atoms with Crippen molar-refractivity contribution in [3.05, 3.63) is 11.8 Å². The van der Waals surface area contributed by atoms with Crippen molar-refractivity contribution < 1.29 is 4.42 Å². The maximum Gasteiger partial charge on any atom is 0.233 e. The predicted octanol–water partition coefficient (Wildman–Crippen LogP) is 3.42. The first-order valence-corrected chi connectivity index (χ1v) is 7.78. The van der Waals surface area contributed by atoms with Crippen LogP contribution in [0.4, 0.5) is 0 Å². The first-order chi connectivity index (χ1) is 9.28. The Morgan fingerprint density at radius 1 is 1.11 bits per heavy atom. The van der Waals surface area contributed by atoms with Gasteiger partial charge in [0, 0.05) is 5.92 Å². The molecule has 2 aliphatic rings. The summed E-state index contributed by atoms with van der Waals surface area (Å²) in [5.41, 5.74) is 0. The lowest BCUT2D eigenvalue weighted by atomic mass is 9.67. The summed E-state index contributed by atoms with van der Waals surface area (Å²) in [6, 6.07) is 0.146. The van der Waals surface area contributed by atoms with Crippen LogP contribution >= 0.6 is 0 Å². The third-order valence-electron chi connectivity index (χ3n) is 5.15. The Hall–Kier alpha value is -0.900. The first-order valence-electron chi connectivity index (χ1n) is 7.78. The Labute approximate surface area is 115 Å². The van der Waals surface area contributed by atoms with Crippen molar-refractivity contribution in [3.8, 4) is 0 Å². The van der Waals surface area contributed by atoms with Gasteiger partial charge in [-0.15, -0.1) is 10.2 Å². The van der Waals surface area contributed by atoms with Gasteiger partial charge in [0.25, 0.3) is 0 Å². The van der Waals surface area contributed by atoms with E-state index in [1.54, 1.807) is 0 Å². The highest BCUT2D eigenvalue weighted by molar-refractivity contribution is 4.98. The van der Waals surface area contributed by atoms with E-state index in [0.717, 1.165) is 23.6 Å². The van der Waals surface area contributed by atoms with Gasteiger partial charge in [0.1, 0.15) is 0 Å². The zero-order chi connectivity index (χ0) is 13.2. The van der Waals surface area contributed by atoms with Gasteiger partial charge < -0.3 is 9.73 Å². The lowest BCUT2D eigenvalue weighted by Gasteiger charge is -2.38. The Morgan fingerprint density at radius 3 is 2.68 bits per heavy atom. The van der Waals surface area contributed by atoms with E-state index in [4.69, 9.17) is 4.42 Å². The molecule has 0 radical (unpaired) electrons. The standard InChI is InChI=1S/C15H25N3O/c1-10(16-2)14-17-18-15(19-14)13-8-7-11-5-3-4-6-12(11)9-13/h10-13,16H,3-9H2,1-2H3. The number of hydrogen-bond acceptors (Lipinski definition) is 4. The fraction of sp³-hybridized carbons (Fsp3) is 0.867. The predicted molar refractivity (Wildman–Crippen MR) is 73.8 cm³/mol. The third-order valence-corrected chi connectivity index (χ3v) is 5.15. The van der Waals surface area contributed by atoms with Crippen molar-refractivity contribution in [2.45, 2.75) is 63.8 Å². The largest absolute Gasteiger partial charge is 0.423 e. The average molecular weight is 263 g/mol. The summed E-state index contributed by atoms with van der Waals surface area (Å²) in [4.78, 5) is 0. The van der Waals surface area contributed by atoms with Crippen LogP contribution < -0.4 is 5.32 Å². The number of nitrogens with zero attached hydrogens (tertiary/aromatic N) is 2. The van der Waals surface area contributed by atoms with E-state index in [-0.39, 0.29) is 6.04 Å². The summed E-state index contributed by atoms with van der Waals surface area (Å²) in [6.45, 7) is 2.05. The molecular formula is C15H25N3O. The highest BCUT2D eigenvalue weighted by atomic mass is 16.4. The minimum Gasteiger partial charge on any atom is -0.423 e. The summed E-state index contributed by atoms with van der Waals surface area (Å²) < 4.78 is 5.87. The van der Waals surface area contributed by atoms with E-state index in [2.05, 4.69) is 22.4 Å². The molecule has 1 aromatic heterocycles. The number of nitrogens with one attached hydrogen (secondary N) is 1. The Bertz CT molecular complexity index is 417. The molecule has 0 amide bonds. The molecule has 19 heavy (non-hydrogen) atoms. The first kappa shape index (κ1) is 13.1. The normalized spacial score (nSPS) is 32.8. The topological polar surface area (TPSA) is 51.0 Å². The van der Waals surface area contributed by atoms with E-state index >= 15 is 0 Å². The van der Waals surface area contributed by atoms with Gasteiger partial charge in [-0.2, -0.15) is 0 Å². The quantitative estimate of drug-likeness (QED) is 0.907. The lowest BCUT2D eigenvalue weighted by Crippen LogP contribution is -2.27. The molecule has 0 saturated heterocycles. The van der Waals surface area contributed by atoms with E-state index in [1.165, 1.54) is 44.9 Å². The van der Waals surface area contributed by atoms with Crippen LogP contribution in [0.15, 0.2) is 4.42 Å². The van der Waals surface area contributed by atoms with Crippen LogP contribution in [0, 0.1) is 11.8 Å². The van der Waals surface area contributed by atoms with E-state index in [1.807, 2.05) is 7.05 Å². The number of hydrogen-bond donors (Lipinski definition) is 1. The Morgan fingerprint density at radius 2 is 1.89 bits per heavy atom. The summed E-state index contributed by atoms with van der Waals surface area (Å²) in [6.07, 6.45) is 9.57. The molecule has 0 aliphatic heterocycles. The van der Waals surface area contributed by atoms with Crippen LogP contribution in [-0.4, -0.2) is 17.2 Å². The van der Waals surface area contributed by atoms with Crippen molar-refractivity contribution in [2.75, 3.05) is 7.05 Å². The fourth-order valence-electron chi connectivity index (χ4n) is 3.81. The SMILES string of the molecule is CNC(C)c1nnc(C2CCC3CCCCC3C2)o1. The minimum atomic E-state index is 0.146. The van der Waals surface area contributed by atoms with Gasteiger partial charge in [0.15, 0.2) is 0 Å². The van der Waals surface area contributed by atoms with Gasteiger partial charge in [-0.05, 0) is 45.1 Å². The van der Waals surface area contributed by atoms with Gasteiger partial charge in [0.2, 0.25) is 11.8 Å². The van der Waals surface area contributed by atoms with Gasteiger partial charge >= 0.3 is 0 Å². The van der Waals surface area contributed by atoms with Crippen LogP contribution in [0.2, 0.25) is 0 Å². The lowest BCUT2D eigenvalue weighted by molar-refractivity contribution is 0.145. The van der Waals surface area contributed by atoms with Gasteiger partial charge in [-0.25, -0.2) is 0 Å². The number of fused-ring (bicyclic) bond motifs is 1. The van der Waals surface area contributed by atoms with Gasteiger partial charge in [0.05, 0.1) is 6.04 Å². The van der Waals surface area contributed by atoms with Crippen molar-refractivity contribution in [1.29, 1.82) is 0 Å². The molecule has 0 aromatic carbocycles. The monoisotopic (exact) mass is 263 g/mol. The molecule has 1 heterocycles. The van der Waals surface area contributed by atoms with Crippen LogP contribution in [0.5, 0.6) is 0 Å². The molecule has 1 N–H and O–H groups in total. The molecular weight excluding hydrogens is 238 g/mol. The zero-order valence-corrected chi connectivity index (χ0v) is 12.1. The maximum absolute atomic E-state index is 5.87. The Kier molecular flexibility index (Phi) is 3.87. The summed E-state index contributed by atoms with van der Waals surface area (Å²) >= 11 is 0. The van der Waals surface area contributed by atoms with Crippen molar-refractivity contribution >= 4 is 0 Å². The van der Waals surface area contributed by atoms with Gasteiger partial charge in [-0.1, -0.05) is 25.7 Å². The molecule has 4 heteroatoms. The molecule has 4 nitrogen and oxygen atoms in total. The number of rotatable bonds is 3. The number of aromatic nitrogens is 2. The van der Waals surface area contributed by atoms with Gasteiger partial charge in [-0.3, -0.25) is 0 Å². The second-order valence-corrected chi connectivity index (χ2v) is 6.30. The van der Waals surface area contributed by atoms with E-state index < -0.39 is 0 Å². The molecule has 2 aliphatic carbocycles. The van der Waals surface area contributed by atoms with Crippen LogP contribution in [-0.2, 0) is 0 Å². The summed E-state index contributed by atoms with van der Waals surface area (Å²) in [5.74, 6) is 3.99. The zero-order valence-electron chi connectivity index (χ0n) is 12.1. The molecule has 2 saturated carbocycles. The van der Waals surface area contributed by atoms with E-state index in [0.29, 0.717) is 5.92 Å². The second kappa shape index (κ2) is 5.61. The van der Waals surface area contributed by atoms with Crippen LogP contribution in [0.25, 0.3) is 0 Å². The maximum atomic E-state index is 5.87. The Balaban J connectivity index is 1.67. The molecule has 0 spiro atoms. The van der Waals surface area contributed by atoms with Crippen molar-refractivity contribution in [3.63, 3.8) is 0 Å². The fourth-order valence-corrected chi connectivity index (χ4v) is 3.81. The smallest absolute Gasteiger partial charge is 0.233 e. The molecule has 2 fully saturated rings. The van der Waals surface area contributed by atoms with Crippen molar-refractivity contribution in [1.82, 2.24) is 15.5 Å². The highest BCUT2D eigenvalue weighted by Crippen LogP contribution is 2.45. The molecule has 4 unspecified atom stereocenters. The highest BCUT2D eigenvalue weighted by Gasteiger charge is 2.34. The average Bonchev–Trinajstić information content (AvgIpc) is 2.95. The second-order valence-electron chi connectivity index (χ2n) is 6.30. The summed E-state index contributed by atoms with van der Waals surface area (Å²) in [5, 5.41) is 11.6. The molecule has 3 rings (SSSR count). The third kappa shape index (κ3) is 2.69. The van der Waals surface area contributed by atoms with Crippen molar-refractivity contribution in [2.24, 2.45) is 11.8 Å². The molecule has 1 aromatic rings. The minimum absolute atomic E-state index is 0.146. The molecule has 0 bridgehead atoms.